The summed E-state index contributed by atoms with van der Waals surface area (Å²) in [5.41, 5.74) is 2.63. The van der Waals surface area contributed by atoms with Gasteiger partial charge in [-0.3, -0.25) is 9.89 Å². The van der Waals surface area contributed by atoms with Crippen LogP contribution in [0.4, 0.5) is 4.39 Å². The number of aliphatic imine (C=N–C) groups is 1. The Labute approximate surface area is 198 Å². The Morgan fingerprint density at radius 3 is 2.80 bits per heavy atom. The third-order valence-electron chi connectivity index (χ3n) is 4.86. The molecule has 0 unspecified atom stereocenters. The van der Waals surface area contributed by atoms with Crippen molar-refractivity contribution in [2.75, 3.05) is 32.9 Å². The number of halogens is 2. The van der Waals surface area contributed by atoms with Gasteiger partial charge in [0.2, 0.25) is 0 Å². The Balaban J connectivity index is 0.00000320. The van der Waals surface area contributed by atoms with Gasteiger partial charge in [0.15, 0.2) is 15.8 Å². The summed E-state index contributed by atoms with van der Waals surface area (Å²) in [6.45, 7) is 3.96. The average molecular weight is 567 g/mol. The van der Waals surface area contributed by atoms with E-state index in [2.05, 4.69) is 32.0 Å². The van der Waals surface area contributed by atoms with Gasteiger partial charge in [0.25, 0.3) is 0 Å². The second kappa shape index (κ2) is 11.4. The Hall–Kier alpha value is -1.24. The zero-order valence-corrected chi connectivity index (χ0v) is 21.1. The van der Waals surface area contributed by atoms with Gasteiger partial charge < -0.3 is 10.6 Å². The van der Waals surface area contributed by atoms with Gasteiger partial charge in [-0.25, -0.2) is 12.8 Å². The van der Waals surface area contributed by atoms with E-state index < -0.39 is 9.84 Å². The van der Waals surface area contributed by atoms with Crippen molar-refractivity contribution in [1.82, 2.24) is 15.5 Å². The van der Waals surface area contributed by atoms with E-state index >= 15 is 0 Å². The van der Waals surface area contributed by atoms with Gasteiger partial charge in [-0.05, 0) is 46.7 Å². The van der Waals surface area contributed by atoms with Crippen LogP contribution in [-0.4, -0.2) is 52.2 Å². The van der Waals surface area contributed by atoms with E-state index in [1.165, 1.54) is 34.9 Å². The molecule has 0 aliphatic carbocycles. The van der Waals surface area contributed by atoms with Crippen LogP contribution in [0.15, 0.2) is 34.6 Å². The van der Waals surface area contributed by atoms with Gasteiger partial charge in [-0.2, -0.15) is 0 Å². The fourth-order valence-electron chi connectivity index (χ4n) is 3.41. The van der Waals surface area contributed by atoms with Gasteiger partial charge in [0.05, 0.1) is 5.75 Å². The second-order valence-corrected chi connectivity index (χ2v) is 10.4. The van der Waals surface area contributed by atoms with E-state index in [9.17, 15) is 12.8 Å². The highest BCUT2D eigenvalue weighted by Crippen LogP contribution is 2.23. The first kappa shape index (κ1) is 25.0. The minimum absolute atomic E-state index is 0. The molecule has 0 spiro atoms. The van der Waals surface area contributed by atoms with Gasteiger partial charge >= 0.3 is 0 Å². The van der Waals surface area contributed by atoms with E-state index in [1.807, 2.05) is 11.3 Å². The molecule has 0 saturated heterocycles. The number of hydrogen-bond donors (Lipinski definition) is 2. The van der Waals surface area contributed by atoms with Crippen molar-refractivity contribution in [3.8, 4) is 0 Å². The number of sulfone groups is 1. The monoisotopic (exact) mass is 566 g/mol. The standard InChI is InChI=1S/C20H27FN4O2S2.HI/c1-22-20(23-7-9-25-8-5-19-15(13-25)6-10-28-19)24-12-17-11-18(21)4-3-16(17)14-29(2,26)27;/h3-4,6,10-11H,5,7-9,12-14H2,1-2H3,(H2,22,23,24);1H. The van der Waals surface area contributed by atoms with Gasteiger partial charge in [-0.15, -0.1) is 35.3 Å². The summed E-state index contributed by atoms with van der Waals surface area (Å²) in [5, 5.41) is 8.58. The van der Waals surface area contributed by atoms with E-state index in [4.69, 9.17) is 0 Å². The molecule has 6 nitrogen and oxygen atoms in total. The molecule has 0 atom stereocenters. The average Bonchev–Trinajstić information content (AvgIpc) is 3.13. The fraction of sp³-hybridized carbons (Fsp3) is 0.450. The molecule has 2 aromatic rings. The van der Waals surface area contributed by atoms with Crippen molar-refractivity contribution in [2.45, 2.75) is 25.3 Å². The molecule has 1 aromatic carbocycles. The molecule has 0 radical (unpaired) electrons. The van der Waals surface area contributed by atoms with Crippen molar-refractivity contribution in [1.29, 1.82) is 0 Å². The number of thiophene rings is 1. The molecule has 0 bridgehead atoms. The molecule has 1 aliphatic rings. The molecule has 3 rings (SSSR count). The number of guanidine groups is 1. The zero-order valence-electron chi connectivity index (χ0n) is 17.2. The summed E-state index contributed by atoms with van der Waals surface area (Å²) in [5.74, 6) is 0.100. The number of nitrogens with one attached hydrogen (secondary N) is 2. The Morgan fingerprint density at radius 2 is 2.07 bits per heavy atom. The van der Waals surface area contributed by atoms with Crippen LogP contribution in [0, 0.1) is 5.82 Å². The molecule has 1 aliphatic heterocycles. The summed E-state index contributed by atoms with van der Waals surface area (Å²) in [6.07, 6.45) is 2.27. The summed E-state index contributed by atoms with van der Waals surface area (Å²) in [4.78, 5) is 8.11. The minimum atomic E-state index is -3.20. The molecular weight excluding hydrogens is 538 g/mol. The van der Waals surface area contributed by atoms with E-state index in [0.717, 1.165) is 32.6 Å². The smallest absolute Gasteiger partial charge is 0.191 e. The van der Waals surface area contributed by atoms with E-state index in [1.54, 1.807) is 7.05 Å². The van der Waals surface area contributed by atoms with Crippen LogP contribution in [0.5, 0.6) is 0 Å². The SMILES string of the molecule is CN=C(NCCN1CCc2sccc2C1)NCc1cc(F)ccc1CS(C)(=O)=O.I. The highest BCUT2D eigenvalue weighted by molar-refractivity contribution is 14.0. The lowest BCUT2D eigenvalue weighted by molar-refractivity contribution is 0.260. The zero-order chi connectivity index (χ0) is 20.9. The highest BCUT2D eigenvalue weighted by atomic mass is 127. The molecule has 2 N–H and O–H groups in total. The molecule has 0 amide bonds. The van der Waals surface area contributed by atoms with Crippen molar-refractivity contribution >= 4 is 51.1 Å². The maximum Gasteiger partial charge on any atom is 0.191 e. The highest BCUT2D eigenvalue weighted by Gasteiger charge is 2.16. The van der Waals surface area contributed by atoms with Crippen molar-refractivity contribution in [3.05, 3.63) is 57.0 Å². The summed E-state index contributed by atoms with van der Waals surface area (Å²) in [6, 6.07) is 6.38. The number of benzene rings is 1. The van der Waals surface area contributed by atoms with Crippen LogP contribution in [0.25, 0.3) is 0 Å². The number of hydrogen-bond acceptors (Lipinski definition) is 5. The molecular formula is C20H28FIN4O2S2. The van der Waals surface area contributed by atoms with Crippen LogP contribution in [0.2, 0.25) is 0 Å². The maximum absolute atomic E-state index is 13.6. The van der Waals surface area contributed by atoms with Gasteiger partial charge in [0, 0.05) is 50.9 Å². The van der Waals surface area contributed by atoms with Crippen LogP contribution < -0.4 is 10.6 Å². The Morgan fingerprint density at radius 1 is 1.27 bits per heavy atom. The third-order valence-corrected chi connectivity index (χ3v) is 6.72. The van der Waals surface area contributed by atoms with Crippen LogP contribution in [0.3, 0.4) is 0 Å². The van der Waals surface area contributed by atoms with Gasteiger partial charge in [0.1, 0.15) is 5.82 Å². The molecule has 0 saturated carbocycles. The topological polar surface area (TPSA) is 73.8 Å². The van der Waals surface area contributed by atoms with Crippen molar-refractivity contribution in [2.24, 2.45) is 4.99 Å². The predicted octanol–water partition coefficient (Wildman–Crippen LogP) is 2.77. The van der Waals surface area contributed by atoms with Crippen LogP contribution >= 0.6 is 35.3 Å². The molecule has 0 fully saturated rings. The molecule has 166 valence electrons. The number of fused-ring (bicyclic) bond motifs is 1. The van der Waals surface area contributed by atoms with Crippen LogP contribution in [0.1, 0.15) is 21.6 Å². The fourth-order valence-corrected chi connectivity index (χ4v) is 5.15. The number of nitrogens with zero attached hydrogens (tertiary/aromatic N) is 2. The minimum Gasteiger partial charge on any atom is -0.355 e. The first-order valence-corrected chi connectivity index (χ1v) is 12.5. The first-order chi connectivity index (χ1) is 13.8. The Bertz CT molecular complexity index is 979. The molecule has 1 aromatic heterocycles. The van der Waals surface area contributed by atoms with E-state index in [-0.39, 0.29) is 35.5 Å². The van der Waals surface area contributed by atoms with Gasteiger partial charge in [-0.1, -0.05) is 6.07 Å². The first-order valence-electron chi connectivity index (χ1n) is 9.51. The van der Waals surface area contributed by atoms with E-state index in [0.29, 0.717) is 23.6 Å². The van der Waals surface area contributed by atoms with Crippen LogP contribution in [-0.2, 0) is 35.1 Å². The van der Waals surface area contributed by atoms with Crippen molar-refractivity contribution < 1.29 is 12.8 Å². The lowest BCUT2D eigenvalue weighted by atomic mass is 10.1. The number of rotatable bonds is 7. The third kappa shape index (κ3) is 7.47. The predicted molar refractivity (Wildman–Crippen MR) is 132 cm³/mol. The Kier molecular flexibility index (Phi) is 9.51. The molecule has 2 heterocycles. The summed E-state index contributed by atoms with van der Waals surface area (Å²) >= 11 is 1.83. The summed E-state index contributed by atoms with van der Waals surface area (Å²) in [7, 11) is -1.52. The second-order valence-electron chi connectivity index (χ2n) is 7.23. The maximum atomic E-state index is 13.6. The lowest BCUT2D eigenvalue weighted by Crippen LogP contribution is -2.42. The van der Waals surface area contributed by atoms with Crippen molar-refractivity contribution in [3.63, 3.8) is 0 Å². The molecule has 10 heteroatoms. The lowest BCUT2D eigenvalue weighted by Gasteiger charge is -2.27. The summed E-state index contributed by atoms with van der Waals surface area (Å²) < 4.78 is 36.9. The normalized spacial score (nSPS) is 14.7. The quantitative estimate of drug-likeness (QED) is 0.307. The largest absolute Gasteiger partial charge is 0.355 e. The molecule has 30 heavy (non-hydrogen) atoms.